The van der Waals surface area contributed by atoms with Crippen molar-refractivity contribution >= 4 is 10.0 Å². The van der Waals surface area contributed by atoms with Crippen LogP contribution in [0.1, 0.15) is 5.56 Å². The van der Waals surface area contributed by atoms with Gasteiger partial charge in [0, 0.05) is 6.54 Å². The second-order valence-corrected chi connectivity index (χ2v) is 5.64. The lowest BCUT2D eigenvalue weighted by Gasteiger charge is -2.09. The lowest BCUT2D eigenvalue weighted by Crippen LogP contribution is -2.29. The third-order valence-electron chi connectivity index (χ3n) is 2.20. The van der Waals surface area contributed by atoms with Crippen LogP contribution in [0.15, 0.2) is 29.2 Å². The second-order valence-electron chi connectivity index (χ2n) is 3.87. The smallest absolute Gasteiger partial charge is 0.392 e. The van der Waals surface area contributed by atoms with Gasteiger partial charge in [-0.3, -0.25) is 0 Å². The molecule has 0 radical (unpaired) electrons. The molecule has 0 aliphatic heterocycles. The van der Waals surface area contributed by atoms with Crippen molar-refractivity contribution in [1.82, 2.24) is 4.72 Å². The molecule has 1 rings (SSSR count). The number of rotatable bonds is 7. The fourth-order valence-electron chi connectivity index (χ4n) is 1.33. The Bertz CT molecular complexity index is 531. The summed E-state index contributed by atoms with van der Waals surface area (Å²) in [5.74, 6) is 0. The Morgan fingerprint density at radius 3 is 2.60 bits per heavy atom. The topological polar surface area (TPSA) is 75.6 Å². The zero-order valence-corrected chi connectivity index (χ0v) is 11.2. The zero-order valence-electron chi connectivity index (χ0n) is 10.4. The van der Waals surface area contributed by atoms with E-state index in [1.807, 2.05) is 0 Å². The number of hydrogen-bond donors (Lipinski definition) is 2. The monoisotopic (exact) mass is 313 g/mol. The van der Waals surface area contributed by atoms with Gasteiger partial charge < -0.3 is 9.84 Å². The molecule has 0 saturated heterocycles. The molecule has 20 heavy (non-hydrogen) atoms. The molecular weight excluding hydrogens is 299 g/mol. The van der Waals surface area contributed by atoms with Gasteiger partial charge in [-0.25, -0.2) is 13.1 Å². The molecule has 0 fully saturated rings. The fraction of sp³-hybridized carbons (Fsp3) is 0.455. The highest BCUT2D eigenvalue weighted by Crippen LogP contribution is 2.14. The number of ether oxygens (including phenoxy) is 1. The molecular formula is C11H14F3NO4S. The number of hydrogen-bond acceptors (Lipinski definition) is 4. The molecule has 0 bridgehead atoms. The Morgan fingerprint density at radius 1 is 1.30 bits per heavy atom. The number of nitrogens with one attached hydrogen (secondary N) is 1. The van der Waals surface area contributed by atoms with Crippen molar-refractivity contribution in [3.8, 4) is 0 Å². The van der Waals surface area contributed by atoms with Crippen LogP contribution in [0.2, 0.25) is 0 Å². The number of halogens is 3. The quantitative estimate of drug-likeness (QED) is 0.738. The van der Waals surface area contributed by atoms with Crippen molar-refractivity contribution in [3.63, 3.8) is 0 Å². The standard InChI is InChI=1S/C11H14F3NO4S/c12-11(13,14)8-19-5-4-15-20(17,18)10-3-1-2-9(6-10)7-16/h1-3,6,15-16H,4-5,7-8H2. The average Bonchev–Trinajstić information content (AvgIpc) is 2.37. The molecule has 0 atom stereocenters. The largest absolute Gasteiger partial charge is 0.411 e. The maximum atomic E-state index is 11.8. The van der Waals surface area contributed by atoms with Crippen molar-refractivity contribution in [2.75, 3.05) is 19.8 Å². The van der Waals surface area contributed by atoms with Crippen LogP contribution in [0.5, 0.6) is 0 Å². The van der Waals surface area contributed by atoms with E-state index in [1.165, 1.54) is 18.2 Å². The van der Waals surface area contributed by atoms with Crippen molar-refractivity contribution in [2.45, 2.75) is 17.7 Å². The summed E-state index contributed by atoms with van der Waals surface area (Å²) in [6.07, 6.45) is -4.44. The van der Waals surface area contributed by atoms with E-state index in [4.69, 9.17) is 5.11 Å². The van der Waals surface area contributed by atoms with E-state index in [-0.39, 0.29) is 18.0 Å². The molecule has 0 aliphatic rings. The molecule has 2 N–H and O–H groups in total. The summed E-state index contributed by atoms with van der Waals surface area (Å²) >= 11 is 0. The highest BCUT2D eigenvalue weighted by atomic mass is 32.2. The average molecular weight is 313 g/mol. The number of benzene rings is 1. The Labute approximate surface area is 114 Å². The molecule has 0 saturated carbocycles. The van der Waals surface area contributed by atoms with Gasteiger partial charge in [0.1, 0.15) is 6.61 Å². The first kappa shape index (κ1) is 16.9. The Kier molecular flexibility index (Phi) is 5.93. The second kappa shape index (κ2) is 7.02. The summed E-state index contributed by atoms with van der Waals surface area (Å²) in [5, 5.41) is 8.91. The van der Waals surface area contributed by atoms with Gasteiger partial charge in [0.15, 0.2) is 0 Å². The van der Waals surface area contributed by atoms with Gasteiger partial charge in [-0.1, -0.05) is 12.1 Å². The van der Waals surface area contributed by atoms with Gasteiger partial charge in [0.05, 0.1) is 18.1 Å². The Morgan fingerprint density at radius 2 is 2.00 bits per heavy atom. The number of alkyl halides is 3. The molecule has 1 aromatic carbocycles. The van der Waals surface area contributed by atoms with Gasteiger partial charge in [-0.15, -0.1) is 0 Å². The van der Waals surface area contributed by atoms with Crippen LogP contribution < -0.4 is 4.72 Å². The SMILES string of the molecule is O=S(=O)(NCCOCC(F)(F)F)c1cccc(CO)c1. The summed E-state index contributed by atoms with van der Waals surface area (Å²) in [6, 6.07) is 5.60. The van der Waals surface area contributed by atoms with Crippen LogP contribution >= 0.6 is 0 Å². The Balaban J connectivity index is 2.49. The van der Waals surface area contributed by atoms with Gasteiger partial charge in [-0.05, 0) is 17.7 Å². The third kappa shape index (κ3) is 5.87. The van der Waals surface area contributed by atoms with E-state index >= 15 is 0 Å². The highest BCUT2D eigenvalue weighted by molar-refractivity contribution is 7.89. The molecule has 1 aromatic rings. The first-order valence-electron chi connectivity index (χ1n) is 5.58. The summed E-state index contributed by atoms with van der Waals surface area (Å²) in [7, 11) is -3.83. The molecule has 9 heteroatoms. The normalized spacial score (nSPS) is 12.6. The maximum absolute atomic E-state index is 11.8. The van der Waals surface area contributed by atoms with Gasteiger partial charge in [0.2, 0.25) is 10.0 Å². The first-order valence-corrected chi connectivity index (χ1v) is 7.07. The van der Waals surface area contributed by atoms with Gasteiger partial charge in [-0.2, -0.15) is 13.2 Å². The molecule has 0 aromatic heterocycles. The highest BCUT2D eigenvalue weighted by Gasteiger charge is 2.27. The number of aliphatic hydroxyl groups excluding tert-OH is 1. The minimum atomic E-state index is -4.44. The van der Waals surface area contributed by atoms with Crippen molar-refractivity contribution in [1.29, 1.82) is 0 Å². The van der Waals surface area contributed by atoms with E-state index in [0.717, 1.165) is 0 Å². The van der Waals surface area contributed by atoms with E-state index in [9.17, 15) is 21.6 Å². The molecule has 5 nitrogen and oxygen atoms in total. The molecule has 114 valence electrons. The summed E-state index contributed by atoms with van der Waals surface area (Å²) in [6.45, 7) is -2.40. The van der Waals surface area contributed by atoms with Crippen molar-refractivity contribution in [3.05, 3.63) is 29.8 Å². The van der Waals surface area contributed by atoms with Crippen LogP contribution in [0.4, 0.5) is 13.2 Å². The maximum Gasteiger partial charge on any atom is 0.411 e. The van der Waals surface area contributed by atoms with E-state index in [1.54, 1.807) is 6.07 Å². The molecule has 0 spiro atoms. The summed E-state index contributed by atoms with van der Waals surface area (Å²) < 4.78 is 65.3. The van der Waals surface area contributed by atoms with Gasteiger partial charge in [0.25, 0.3) is 0 Å². The van der Waals surface area contributed by atoms with E-state index < -0.39 is 29.4 Å². The molecule has 0 heterocycles. The predicted octanol–water partition coefficient (Wildman–Crippen LogP) is 1.04. The number of aliphatic hydroxyl groups is 1. The van der Waals surface area contributed by atoms with E-state index in [2.05, 4.69) is 9.46 Å². The molecule has 0 amide bonds. The van der Waals surface area contributed by atoms with E-state index in [0.29, 0.717) is 5.56 Å². The summed E-state index contributed by atoms with van der Waals surface area (Å²) in [4.78, 5) is -0.0696. The van der Waals surface area contributed by atoms with Crippen molar-refractivity contribution in [2.24, 2.45) is 0 Å². The fourth-order valence-corrected chi connectivity index (χ4v) is 2.41. The van der Waals surface area contributed by atoms with Crippen LogP contribution in [0.25, 0.3) is 0 Å². The zero-order chi connectivity index (χ0) is 15.2. The minimum absolute atomic E-state index is 0.0696. The third-order valence-corrected chi connectivity index (χ3v) is 3.65. The van der Waals surface area contributed by atoms with Crippen LogP contribution in [-0.2, 0) is 21.4 Å². The van der Waals surface area contributed by atoms with Crippen LogP contribution in [0.3, 0.4) is 0 Å². The first-order chi connectivity index (χ1) is 9.24. The number of sulfonamides is 1. The molecule has 0 unspecified atom stereocenters. The Hall–Kier alpha value is -1.16. The van der Waals surface area contributed by atoms with Gasteiger partial charge >= 0.3 is 6.18 Å². The van der Waals surface area contributed by atoms with Crippen molar-refractivity contribution < 1.29 is 31.4 Å². The minimum Gasteiger partial charge on any atom is -0.392 e. The summed E-state index contributed by atoms with van der Waals surface area (Å²) in [5.41, 5.74) is 0.418. The van der Waals surface area contributed by atoms with Crippen LogP contribution in [0, 0.1) is 0 Å². The lowest BCUT2D eigenvalue weighted by molar-refractivity contribution is -0.173. The predicted molar refractivity (Wildman–Crippen MR) is 64.4 cm³/mol. The van der Waals surface area contributed by atoms with Crippen LogP contribution in [-0.4, -0.2) is 39.5 Å². The lowest BCUT2D eigenvalue weighted by atomic mass is 10.2. The molecule has 0 aliphatic carbocycles.